The van der Waals surface area contributed by atoms with Gasteiger partial charge in [-0.05, 0) is 74.1 Å². The van der Waals surface area contributed by atoms with Gasteiger partial charge in [0.1, 0.15) is 11.5 Å². The molecule has 0 amide bonds. The van der Waals surface area contributed by atoms with Crippen molar-refractivity contribution < 1.29 is 23.1 Å². The normalized spacial score (nSPS) is 18.4. The van der Waals surface area contributed by atoms with Crippen molar-refractivity contribution >= 4 is 23.4 Å². The van der Waals surface area contributed by atoms with Crippen molar-refractivity contribution in [2.24, 2.45) is 5.92 Å². The fraction of sp³-hybridized carbons (Fsp3) is 0.333. The number of anilines is 3. The summed E-state index contributed by atoms with van der Waals surface area (Å²) in [4.78, 5) is 23.0. The van der Waals surface area contributed by atoms with Gasteiger partial charge in [0, 0.05) is 29.7 Å². The molecule has 7 nitrogen and oxygen atoms in total. The number of benzene rings is 1. The van der Waals surface area contributed by atoms with E-state index in [1.807, 2.05) is 25.1 Å². The summed E-state index contributed by atoms with van der Waals surface area (Å²) in [5.41, 5.74) is 2.14. The van der Waals surface area contributed by atoms with Crippen molar-refractivity contribution in [3.8, 4) is 11.1 Å². The zero-order chi connectivity index (χ0) is 24.3. The molecule has 178 valence electrons. The van der Waals surface area contributed by atoms with Crippen LogP contribution in [0.2, 0.25) is 0 Å². The molecule has 1 aromatic carbocycles. The first-order valence-electron chi connectivity index (χ1n) is 10.9. The molecule has 1 fully saturated rings. The molecule has 0 aliphatic heterocycles. The Morgan fingerprint density at radius 1 is 1.03 bits per heavy atom. The second-order valence-electron chi connectivity index (χ2n) is 8.44. The van der Waals surface area contributed by atoms with Crippen LogP contribution in [0.3, 0.4) is 0 Å². The maximum Gasteiger partial charge on any atom is 0.433 e. The predicted octanol–water partition coefficient (Wildman–Crippen LogP) is 5.66. The highest BCUT2D eigenvalue weighted by molar-refractivity contribution is 5.71. The summed E-state index contributed by atoms with van der Waals surface area (Å²) < 4.78 is 38.8. The van der Waals surface area contributed by atoms with Gasteiger partial charge in [-0.2, -0.15) is 13.2 Å². The van der Waals surface area contributed by atoms with Crippen LogP contribution in [-0.2, 0) is 11.0 Å². The van der Waals surface area contributed by atoms with Gasteiger partial charge in [-0.15, -0.1) is 0 Å². The summed E-state index contributed by atoms with van der Waals surface area (Å²) in [6, 6.07) is 10.3. The maximum absolute atomic E-state index is 12.9. The number of pyridine rings is 1. The van der Waals surface area contributed by atoms with E-state index in [1.54, 1.807) is 18.3 Å². The summed E-state index contributed by atoms with van der Waals surface area (Å²) in [6.07, 6.45) is 1.12. The van der Waals surface area contributed by atoms with Gasteiger partial charge in [0.15, 0.2) is 0 Å². The lowest BCUT2D eigenvalue weighted by molar-refractivity contribution is -0.143. The monoisotopic (exact) mass is 471 g/mol. The van der Waals surface area contributed by atoms with Crippen LogP contribution in [-0.4, -0.2) is 32.1 Å². The number of carboxylic acids is 1. The third-order valence-corrected chi connectivity index (χ3v) is 5.80. The summed E-state index contributed by atoms with van der Waals surface area (Å²) >= 11 is 0. The largest absolute Gasteiger partial charge is 0.481 e. The molecular weight excluding hydrogens is 447 g/mol. The standard InChI is InChI=1S/C24H24F3N5O2/c1-14-10-17(12-19(11-14)31-23-28-9-8-20(32-23)24(25,26)27)16-4-7-21(29-13-16)30-18-5-2-15(3-6-18)22(33)34/h4,7-13,15,18H,2-3,5-6H2,1H3,(H,29,30)(H,33,34)(H,28,31,32)/t15-,18-. The lowest BCUT2D eigenvalue weighted by atomic mass is 9.86. The molecule has 1 aliphatic rings. The van der Waals surface area contributed by atoms with E-state index >= 15 is 0 Å². The van der Waals surface area contributed by atoms with E-state index in [4.69, 9.17) is 5.11 Å². The minimum absolute atomic E-state index is 0.137. The van der Waals surface area contributed by atoms with Gasteiger partial charge in [-0.1, -0.05) is 6.07 Å². The van der Waals surface area contributed by atoms with Crippen LogP contribution in [0.5, 0.6) is 0 Å². The summed E-state index contributed by atoms with van der Waals surface area (Å²) in [7, 11) is 0. The first-order valence-corrected chi connectivity index (χ1v) is 10.9. The number of aliphatic carboxylic acids is 1. The number of halogens is 3. The SMILES string of the molecule is Cc1cc(Nc2nccc(C(F)(F)F)n2)cc(-c2ccc(N[C@H]3CC[C@H](C(=O)O)CC3)nc2)c1. The number of hydrogen-bond donors (Lipinski definition) is 3. The fourth-order valence-electron chi connectivity index (χ4n) is 4.07. The molecule has 3 aromatic rings. The second-order valence-corrected chi connectivity index (χ2v) is 8.44. The van der Waals surface area contributed by atoms with Crippen molar-refractivity contribution in [3.05, 3.63) is 60.0 Å². The molecule has 0 atom stereocenters. The Kier molecular flexibility index (Phi) is 6.67. The third-order valence-electron chi connectivity index (χ3n) is 5.80. The first-order chi connectivity index (χ1) is 16.2. The van der Waals surface area contributed by atoms with Crippen LogP contribution in [0.15, 0.2) is 48.8 Å². The summed E-state index contributed by atoms with van der Waals surface area (Å²) in [5.74, 6) is -0.418. The van der Waals surface area contributed by atoms with Crippen LogP contribution >= 0.6 is 0 Å². The Balaban J connectivity index is 1.45. The molecule has 0 saturated heterocycles. The summed E-state index contributed by atoms with van der Waals surface area (Å²) in [5, 5.41) is 15.3. The Hall–Kier alpha value is -3.69. The summed E-state index contributed by atoms with van der Waals surface area (Å²) in [6.45, 7) is 1.89. The van der Waals surface area contributed by atoms with Crippen LogP contribution < -0.4 is 10.6 Å². The molecule has 4 rings (SSSR count). The number of rotatable bonds is 6. The third kappa shape index (κ3) is 5.81. The van der Waals surface area contributed by atoms with Crippen LogP contribution in [0, 0.1) is 12.8 Å². The number of aryl methyl sites for hydroxylation is 1. The number of nitrogens with zero attached hydrogens (tertiary/aromatic N) is 3. The van der Waals surface area contributed by atoms with Crippen molar-refractivity contribution in [3.63, 3.8) is 0 Å². The first kappa shape index (κ1) is 23.5. The van der Waals surface area contributed by atoms with Crippen molar-refractivity contribution in [1.29, 1.82) is 0 Å². The van der Waals surface area contributed by atoms with Gasteiger partial charge in [0.2, 0.25) is 5.95 Å². The van der Waals surface area contributed by atoms with E-state index in [-0.39, 0.29) is 17.9 Å². The Bertz CT molecular complexity index is 1160. The number of alkyl halides is 3. The van der Waals surface area contributed by atoms with Gasteiger partial charge in [-0.25, -0.2) is 15.0 Å². The van der Waals surface area contributed by atoms with Crippen LogP contribution in [0.1, 0.15) is 36.9 Å². The molecule has 2 aromatic heterocycles. The molecular formula is C24H24F3N5O2. The van der Waals surface area contributed by atoms with Crippen LogP contribution in [0.25, 0.3) is 11.1 Å². The molecule has 1 saturated carbocycles. The Morgan fingerprint density at radius 2 is 1.79 bits per heavy atom. The lowest BCUT2D eigenvalue weighted by Crippen LogP contribution is -2.29. The average molecular weight is 471 g/mol. The zero-order valence-corrected chi connectivity index (χ0v) is 18.4. The van der Waals surface area contributed by atoms with Gasteiger partial charge in [0.25, 0.3) is 0 Å². The Labute approximate surface area is 194 Å². The number of carbonyl (C=O) groups is 1. The van der Waals surface area contributed by atoms with E-state index in [2.05, 4.69) is 25.6 Å². The number of hydrogen-bond acceptors (Lipinski definition) is 6. The maximum atomic E-state index is 12.9. The fourth-order valence-corrected chi connectivity index (χ4v) is 4.07. The van der Waals surface area contributed by atoms with Crippen molar-refractivity contribution in [2.45, 2.75) is 44.8 Å². The quantitative estimate of drug-likeness (QED) is 0.426. The molecule has 10 heteroatoms. The molecule has 1 aliphatic carbocycles. The molecule has 34 heavy (non-hydrogen) atoms. The van der Waals surface area contributed by atoms with E-state index in [0.29, 0.717) is 24.3 Å². The van der Waals surface area contributed by atoms with E-state index in [9.17, 15) is 18.0 Å². The number of aromatic nitrogens is 3. The highest BCUT2D eigenvalue weighted by atomic mass is 19.4. The van der Waals surface area contributed by atoms with Crippen molar-refractivity contribution in [1.82, 2.24) is 15.0 Å². The van der Waals surface area contributed by atoms with Crippen LogP contribution in [0.4, 0.5) is 30.6 Å². The highest BCUT2D eigenvalue weighted by Crippen LogP contribution is 2.30. The molecule has 0 bridgehead atoms. The van der Waals surface area contributed by atoms with Crippen molar-refractivity contribution in [2.75, 3.05) is 10.6 Å². The molecule has 2 heterocycles. The minimum atomic E-state index is -4.55. The molecule has 3 N–H and O–H groups in total. The van der Waals surface area contributed by atoms with E-state index in [1.165, 1.54) is 0 Å². The lowest BCUT2D eigenvalue weighted by Gasteiger charge is -2.27. The number of nitrogens with one attached hydrogen (secondary N) is 2. The van der Waals surface area contributed by atoms with E-state index in [0.717, 1.165) is 41.8 Å². The molecule has 0 spiro atoms. The minimum Gasteiger partial charge on any atom is -0.481 e. The highest BCUT2D eigenvalue weighted by Gasteiger charge is 2.32. The predicted molar refractivity (Wildman–Crippen MR) is 122 cm³/mol. The number of carboxylic acid groups (broad SMARTS) is 1. The molecule has 0 unspecified atom stereocenters. The second kappa shape index (κ2) is 9.66. The van der Waals surface area contributed by atoms with E-state index < -0.39 is 17.8 Å². The van der Waals surface area contributed by atoms with Gasteiger partial charge >= 0.3 is 12.1 Å². The smallest absolute Gasteiger partial charge is 0.433 e. The van der Waals surface area contributed by atoms with Gasteiger partial charge in [0.05, 0.1) is 5.92 Å². The molecule has 0 radical (unpaired) electrons. The average Bonchev–Trinajstić information content (AvgIpc) is 2.79. The topological polar surface area (TPSA) is 100 Å². The zero-order valence-electron chi connectivity index (χ0n) is 18.4. The Morgan fingerprint density at radius 3 is 2.44 bits per heavy atom. The van der Waals surface area contributed by atoms with Gasteiger partial charge in [-0.3, -0.25) is 4.79 Å². The van der Waals surface area contributed by atoms with Gasteiger partial charge < -0.3 is 15.7 Å².